The van der Waals surface area contributed by atoms with E-state index >= 15 is 0 Å². The number of hydrogen-bond acceptors (Lipinski definition) is 5. The van der Waals surface area contributed by atoms with Gasteiger partial charge in [-0.05, 0) is 32.9 Å². The lowest BCUT2D eigenvalue weighted by atomic mass is 9.97. The van der Waals surface area contributed by atoms with Crippen LogP contribution in [0.3, 0.4) is 0 Å². The van der Waals surface area contributed by atoms with Crippen LogP contribution < -0.4 is 11.1 Å². The first-order valence-electron chi connectivity index (χ1n) is 6.53. The molecule has 1 fully saturated rings. The largest absolute Gasteiger partial charge is 0.466 e. The summed E-state index contributed by atoms with van der Waals surface area (Å²) in [6.45, 7) is 5.12. The molecule has 1 amide bonds. The number of nitrogens with zero attached hydrogens (tertiary/aromatic N) is 1. The topological polar surface area (TPSA) is 84.7 Å². The molecule has 1 aliphatic heterocycles. The molecule has 6 nitrogen and oxygen atoms in total. The van der Waals surface area contributed by atoms with E-state index < -0.39 is 0 Å². The molecular weight excluding hydrogens is 234 g/mol. The first-order valence-corrected chi connectivity index (χ1v) is 6.53. The molecule has 0 bridgehead atoms. The number of carbonyl (C=O) groups is 2. The molecule has 104 valence electrons. The Morgan fingerprint density at radius 2 is 2.06 bits per heavy atom. The Morgan fingerprint density at radius 1 is 1.39 bits per heavy atom. The van der Waals surface area contributed by atoms with Crippen molar-refractivity contribution < 1.29 is 14.3 Å². The van der Waals surface area contributed by atoms with Crippen molar-refractivity contribution in [1.29, 1.82) is 0 Å². The van der Waals surface area contributed by atoms with Crippen LogP contribution in [-0.2, 0) is 14.3 Å². The molecular formula is C12H23N3O3. The highest BCUT2D eigenvalue weighted by molar-refractivity contribution is 5.78. The van der Waals surface area contributed by atoms with Crippen LogP contribution in [0.4, 0.5) is 0 Å². The average Bonchev–Trinajstić information content (AvgIpc) is 2.37. The molecule has 0 spiro atoms. The lowest BCUT2D eigenvalue weighted by Crippen LogP contribution is -2.43. The summed E-state index contributed by atoms with van der Waals surface area (Å²) >= 11 is 0. The number of likely N-dealkylation sites (tertiary alicyclic amines) is 1. The summed E-state index contributed by atoms with van der Waals surface area (Å²) in [6.07, 6.45) is 1.53. The molecule has 0 radical (unpaired) electrons. The van der Waals surface area contributed by atoms with E-state index in [-0.39, 0.29) is 17.8 Å². The van der Waals surface area contributed by atoms with Crippen molar-refractivity contribution in [3.63, 3.8) is 0 Å². The monoisotopic (exact) mass is 257 g/mol. The molecule has 0 aromatic carbocycles. The molecule has 0 saturated carbocycles. The molecule has 18 heavy (non-hydrogen) atoms. The van der Waals surface area contributed by atoms with E-state index in [1.807, 2.05) is 6.92 Å². The second-order valence-electron chi connectivity index (χ2n) is 4.44. The third-order valence-corrected chi connectivity index (χ3v) is 3.04. The molecule has 1 aliphatic rings. The molecule has 0 aliphatic carbocycles. The fraction of sp³-hybridized carbons (Fsp3) is 0.833. The number of ether oxygens (including phenoxy) is 1. The van der Waals surface area contributed by atoms with E-state index in [1.54, 1.807) is 0 Å². The van der Waals surface area contributed by atoms with Gasteiger partial charge in [0.1, 0.15) is 0 Å². The zero-order valence-corrected chi connectivity index (χ0v) is 11.0. The maximum atomic E-state index is 11.5. The summed E-state index contributed by atoms with van der Waals surface area (Å²) < 4.78 is 5.00. The van der Waals surface area contributed by atoms with Crippen LogP contribution in [0.5, 0.6) is 0 Å². The molecule has 0 atom stereocenters. The molecule has 0 unspecified atom stereocenters. The third kappa shape index (κ3) is 5.01. The van der Waals surface area contributed by atoms with Crippen LogP contribution >= 0.6 is 0 Å². The first kappa shape index (κ1) is 14.9. The first-order chi connectivity index (χ1) is 8.67. The van der Waals surface area contributed by atoms with E-state index in [1.165, 1.54) is 0 Å². The number of hydrogen-bond donors (Lipinski definition) is 2. The Bertz CT molecular complexity index is 276. The predicted octanol–water partition coefficient (Wildman–Crippen LogP) is -0.664. The van der Waals surface area contributed by atoms with Gasteiger partial charge in [-0.25, -0.2) is 0 Å². The van der Waals surface area contributed by atoms with Crippen LogP contribution in [0.2, 0.25) is 0 Å². The summed E-state index contributed by atoms with van der Waals surface area (Å²) in [5.41, 5.74) is 5.31. The van der Waals surface area contributed by atoms with E-state index in [0.717, 1.165) is 25.9 Å². The SMILES string of the molecule is CCOC(=O)C1CCN(CC(=O)NCCN)CC1. The number of nitrogens with one attached hydrogen (secondary N) is 1. The third-order valence-electron chi connectivity index (χ3n) is 3.04. The summed E-state index contributed by atoms with van der Waals surface area (Å²) in [6, 6.07) is 0. The van der Waals surface area contributed by atoms with E-state index in [2.05, 4.69) is 10.2 Å². The van der Waals surface area contributed by atoms with Crippen molar-refractivity contribution in [2.45, 2.75) is 19.8 Å². The second kappa shape index (κ2) is 8.05. The summed E-state index contributed by atoms with van der Waals surface area (Å²) in [5, 5.41) is 2.74. The summed E-state index contributed by atoms with van der Waals surface area (Å²) in [7, 11) is 0. The number of rotatable bonds is 6. The minimum Gasteiger partial charge on any atom is -0.466 e. The lowest BCUT2D eigenvalue weighted by molar-refractivity contribution is -0.149. The highest BCUT2D eigenvalue weighted by Crippen LogP contribution is 2.18. The van der Waals surface area contributed by atoms with E-state index in [4.69, 9.17) is 10.5 Å². The van der Waals surface area contributed by atoms with Gasteiger partial charge in [0.05, 0.1) is 19.1 Å². The Balaban J connectivity index is 2.22. The van der Waals surface area contributed by atoms with Crippen LogP contribution in [0.25, 0.3) is 0 Å². The second-order valence-corrected chi connectivity index (χ2v) is 4.44. The van der Waals surface area contributed by atoms with Gasteiger partial charge in [0, 0.05) is 13.1 Å². The average molecular weight is 257 g/mol. The summed E-state index contributed by atoms with van der Waals surface area (Å²) in [4.78, 5) is 25.1. The number of amides is 1. The van der Waals surface area contributed by atoms with E-state index in [9.17, 15) is 9.59 Å². The van der Waals surface area contributed by atoms with Gasteiger partial charge in [-0.1, -0.05) is 0 Å². The van der Waals surface area contributed by atoms with Gasteiger partial charge in [0.25, 0.3) is 0 Å². The lowest BCUT2D eigenvalue weighted by Gasteiger charge is -2.30. The fourth-order valence-electron chi connectivity index (χ4n) is 2.06. The number of piperidine rings is 1. The molecule has 0 aromatic rings. The van der Waals surface area contributed by atoms with Crippen molar-refractivity contribution in [1.82, 2.24) is 10.2 Å². The number of esters is 1. The number of nitrogens with two attached hydrogens (primary N) is 1. The maximum Gasteiger partial charge on any atom is 0.309 e. The number of carbonyl (C=O) groups excluding carboxylic acids is 2. The van der Waals surface area contributed by atoms with Crippen LogP contribution in [-0.4, -0.2) is 56.1 Å². The molecule has 1 heterocycles. The smallest absolute Gasteiger partial charge is 0.309 e. The maximum absolute atomic E-state index is 11.5. The van der Waals surface area contributed by atoms with E-state index in [0.29, 0.717) is 26.2 Å². The zero-order valence-electron chi connectivity index (χ0n) is 11.0. The predicted molar refractivity (Wildman–Crippen MR) is 67.9 cm³/mol. The van der Waals surface area contributed by atoms with Gasteiger partial charge >= 0.3 is 5.97 Å². The molecule has 1 saturated heterocycles. The highest BCUT2D eigenvalue weighted by Gasteiger charge is 2.26. The van der Waals surface area contributed by atoms with Crippen molar-refractivity contribution in [2.24, 2.45) is 11.7 Å². The Morgan fingerprint density at radius 3 is 2.61 bits per heavy atom. The molecule has 3 N–H and O–H groups in total. The minimum absolute atomic E-state index is 0.00460. The molecule has 1 rings (SSSR count). The van der Waals surface area contributed by atoms with Crippen LogP contribution in [0, 0.1) is 5.92 Å². The van der Waals surface area contributed by atoms with Gasteiger partial charge in [-0.3, -0.25) is 14.5 Å². The Hall–Kier alpha value is -1.14. The fourth-order valence-corrected chi connectivity index (χ4v) is 2.06. The summed E-state index contributed by atoms with van der Waals surface area (Å²) in [5.74, 6) is -0.118. The molecule has 0 aromatic heterocycles. The van der Waals surface area contributed by atoms with Gasteiger partial charge in [0.2, 0.25) is 5.91 Å². The van der Waals surface area contributed by atoms with Crippen molar-refractivity contribution in [3.05, 3.63) is 0 Å². The standard InChI is InChI=1S/C12H23N3O3/c1-2-18-12(17)10-3-7-15(8-4-10)9-11(16)14-6-5-13/h10H,2-9,13H2,1H3,(H,14,16). The Kier molecular flexibility index (Phi) is 6.67. The van der Waals surface area contributed by atoms with Crippen LogP contribution in [0.15, 0.2) is 0 Å². The zero-order chi connectivity index (χ0) is 13.4. The van der Waals surface area contributed by atoms with Gasteiger partial charge in [0.15, 0.2) is 0 Å². The van der Waals surface area contributed by atoms with Gasteiger partial charge in [-0.15, -0.1) is 0 Å². The van der Waals surface area contributed by atoms with Crippen molar-refractivity contribution in [3.8, 4) is 0 Å². The van der Waals surface area contributed by atoms with Crippen molar-refractivity contribution in [2.75, 3.05) is 39.3 Å². The minimum atomic E-state index is -0.107. The quantitative estimate of drug-likeness (QED) is 0.617. The van der Waals surface area contributed by atoms with Gasteiger partial charge in [-0.2, -0.15) is 0 Å². The van der Waals surface area contributed by atoms with Gasteiger partial charge < -0.3 is 15.8 Å². The van der Waals surface area contributed by atoms with Crippen LogP contribution in [0.1, 0.15) is 19.8 Å². The van der Waals surface area contributed by atoms with Crippen molar-refractivity contribution >= 4 is 11.9 Å². The molecule has 6 heteroatoms. The highest BCUT2D eigenvalue weighted by atomic mass is 16.5. The Labute approximate surface area is 108 Å². The normalized spacial score (nSPS) is 17.4.